The fraction of sp³-hybridized carbons (Fsp3) is 1.00. The second-order valence-electron chi connectivity index (χ2n) is 5.05. The lowest BCUT2D eigenvalue weighted by Gasteiger charge is -2.38. The van der Waals surface area contributed by atoms with Crippen LogP contribution in [0.2, 0.25) is 0 Å². The number of halogens is 1. The van der Waals surface area contributed by atoms with Gasteiger partial charge in [-0.15, -0.1) is 0 Å². The summed E-state index contributed by atoms with van der Waals surface area (Å²) in [5.41, 5.74) is 0.547. The van der Waals surface area contributed by atoms with Gasteiger partial charge in [0.1, 0.15) is 0 Å². The molecule has 3 heteroatoms. The molecule has 1 aliphatic heterocycles. The van der Waals surface area contributed by atoms with Crippen molar-refractivity contribution in [2.75, 3.05) is 18.4 Å². The Labute approximate surface area is 94.8 Å². The molecule has 0 bridgehead atoms. The highest BCUT2D eigenvalue weighted by Crippen LogP contribution is 2.48. The molecule has 0 amide bonds. The van der Waals surface area contributed by atoms with Crippen LogP contribution in [0.3, 0.4) is 0 Å². The van der Waals surface area contributed by atoms with E-state index in [2.05, 4.69) is 27.8 Å². The van der Waals surface area contributed by atoms with Crippen LogP contribution in [0.1, 0.15) is 32.6 Å². The number of rotatable bonds is 3. The average molecular weight is 262 g/mol. The van der Waals surface area contributed by atoms with Crippen molar-refractivity contribution in [2.24, 2.45) is 5.41 Å². The third-order valence-corrected chi connectivity index (χ3v) is 5.05. The number of aliphatic hydroxyl groups is 1. The van der Waals surface area contributed by atoms with Crippen LogP contribution < -0.4 is 0 Å². The Hall–Kier alpha value is 0.400. The summed E-state index contributed by atoms with van der Waals surface area (Å²) >= 11 is 3.61. The molecule has 0 aromatic rings. The zero-order valence-corrected chi connectivity index (χ0v) is 10.5. The average Bonchev–Trinajstić information content (AvgIpc) is 2.94. The van der Waals surface area contributed by atoms with Crippen LogP contribution in [0.25, 0.3) is 0 Å². The fourth-order valence-corrected chi connectivity index (χ4v) is 3.09. The Balaban J connectivity index is 1.90. The predicted octanol–water partition coefficient (Wildman–Crippen LogP) is 2.01. The predicted molar refractivity (Wildman–Crippen MR) is 61.7 cm³/mol. The monoisotopic (exact) mass is 261 g/mol. The van der Waals surface area contributed by atoms with Gasteiger partial charge in [0.2, 0.25) is 0 Å². The van der Waals surface area contributed by atoms with Gasteiger partial charge in [0.05, 0.1) is 6.10 Å². The minimum absolute atomic E-state index is 0.102. The third kappa shape index (κ3) is 2.15. The molecule has 82 valence electrons. The molecular weight excluding hydrogens is 242 g/mol. The van der Waals surface area contributed by atoms with E-state index in [1.165, 1.54) is 25.9 Å². The Kier molecular flexibility index (Phi) is 3.20. The quantitative estimate of drug-likeness (QED) is 0.786. The maximum Gasteiger partial charge on any atom is 0.0693 e. The molecule has 2 fully saturated rings. The van der Waals surface area contributed by atoms with E-state index in [1.807, 2.05) is 0 Å². The minimum Gasteiger partial charge on any atom is -0.392 e. The largest absolute Gasteiger partial charge is 0.392 e. The first-order valence-corrected chi connectivity index (χ1v) is 6.77. The second-order valence-corrected chi connectivity index (χ2v) is 5.62. The normalized spacial score (nSPS) is 37.1. The van der Waals surface area contributed by atoms with Crippen LogP contribution in [0, 0.1) is 5.41 Å². The first kappa shape index (κ1) is 10.9. The van der Waals surface area contributed by atoms with Crippen molar-refractivity contribution in [3.8, 4) is 0 Å². The summed E-state index contributed by atoms with van der Waals surface area (Å²) in [5, 5.41) is 10.9. The van der Waals surface area contributed by atoms with E-state index >= 15 is 0 Å². The lowest BCUT2D eigenvalue weighted by atomic mass is 9.98. The van der Waals surface area contributed by atoms with Crippen LogP contribution in [0.15, 0.2) is 0 Å². The van der Waals surface area contributed by atoms with Gasteiger partial charge in [0, 0.05) is 17.9 Å². The summed E-state index contributed by atoms with van der Waals surface area (Å²) in [6, 6.07) is 0.361. The van der Waals surface area contributed by atoms with Crippen molar-refractivity contribution < 1.29 is 5.11 Å². The van der Waals surface area contributed by atoms with Crippen LogP contribution in [0.4, 0.5) is 0 Å². The molecule has 0 aromatic carbocycles. The molecular formula is C11H20BrNO. The lowest BCUT2D eigenvalue weighted by molar-refractivity contribution is 0.0117. The van der Waals surface area contributed by atoms with Crippen molar-refractivity contribution in [1.82, 2.24) is 4.90 Å². The number of aliphatic hydroxyl groups excluding tert-OH is 1. The van der Waals surface area contributed by atoms with Crippen molar-refractivity contribution in [3.63, 3.8) is 0 Å². The fourth-order valence-electron chi connectivity index (χ4n) is 2.36. The van der Waals surface area contributed by atoms with E-state index in [0.717, 1.165) is 18.2 Å². The van der Waals surface area contributed by atoms with Crippen molar-refractivity contribution >= 4 is 15.9 Å². The molecule has 1 N–H and O–H groups in total. The first-order chi connectivity index (χ1) is 6.67. The highest BCUT2D eigenvalue weighted by molar-refractivity contribution is 9.09. The van der Waals surface area contributed by atoms with Gasteiger partial charge in [-0.25, -0.2) is 0 Å². The molecule has 1 heterocycles. The van der Waals surface area contributed by atoms with Gasteiger partial charge in [0.25, 0.3) is 0 Å². The SMILES string of the molecule is CC1C(O)CCCN1CC1(CBr)CC1. The van der Waals surface area contributed by atoms with E-state index in [1.54, 1.807) is 0 Å². The van der Waals surface area contributed by atoms with E-state index < -0.39 is 0 Å². The van der Waals surface area contributed by atoms with Gasteiger partial charge in [-0.2, -0.15) is 0 Å². The Bertz CT molecular complexity index is 205. The van der Waals surface area contributed by atoms with Gasteiger partial charge in [-0.3, -0.25) is 4.90 Å². The van der Waals surface area contributed by atoms with Crippen LogP contribution in [0.5, 0.6) is 0 Å². The van der Waals surface area contributed by atoms with E-state index in [-0.39, 0.29) is 6.10 Å². The first-order valence-electron chi connectivity index (χ1n) is 5.65. The maximum absolute atomic E-state index is 9.78. The van der Waals surface area contributed by atoms with Crippen LogP contribution >= 0.6 is 15.9 Å². The Morgan fingerprint density at radius 1 is 1.50 bits per heavy atom. The van der Waals surface area contributed by atoms with Crippen molar-refractivity contribution in [1.29, 1.82) is 0 Å². The second kappa shape index (κ2) is 4.11. The third-order valence-electron chi connectivity index (χ3n) is 3.86. The smallest absolute Gasteiger partial charge is 0.0693 e. The number of nitrogens with zero attached hydrogens (tertiary/aromatic N) is 1. The van der Waals surface area contributed by atoms with Crippen LogP contribution in [-0.4, -0.2) is 40.6 Å². The molecule has 1 saturated carbocycles. The molecule has 14 heavy (non-hydrogen) atoms. The molecule has 2 atom stereocenters. The number of likely N-dealkylation sites (tertiary alicyclic amines) is 1. The zero-order valence-electron chi connectivity index (χ0n) is 8.88. The van der Waals surface area contributed by atoms with Crippen molar-refractivity contribution in [2.45, 2.75) is 44.8 Å². The molecule has 2 nitrogen and oxygen atoms in total. The molecule has 1 aliphatic carbocycles. The van der Waals surface area contributed by atoms with Gasteiger partial charge in [-0.05, 0) is 44.6 Å². The van der Waals surface area contributed by atoms with E-state index in [4.69, 9.17) is 0 Å². The van der Waals surface area contributed by atoms with E-state index in [9.17, 15) is 5.11 Å². The summed E-state index contributed by atoms with van der Waals surface area (Å²) < 4.78 is 0. The highest BCUT2D eigenvalue weighted by Gasteiger charge is 2.44. The Morgan fingerprint density at radius 2 is 2.21 bits per heavy atom. The van der Waals surface area contributed by atoms with E-state index in [0.29, 0.717) is 11.5 Å². The summed E-state index contributed by atoms with van der Waals surface area (Å²) in [7, 11) is 0. The topological polar surface area (TPSA) is 23.5 Å². The number of hydrogen-bond donors (Lipinski definition) is 1. The summed E-state index contributed by atoms with van der Waals surface area (Å²) in [5.74, 6) is 0. The van der Waals surface area contributed by atoms with Gasteiger partial charge in [-0.1, -0.05) is 15.9 Å². The summed E-state index contributed by atoms with van der Waals surface area (Å²) in [6.07, 6.45) is 4.76. The lowest BCUT2D eigenvalue weighted by Crippen LogP contribution is -2.48. The van der Waals surface area contributed by atoms with Crippen LogP contribution in [-0.2, 0) is 0 Å². The molecule has 0 radical (unpaired) electrons. The molecule has 2 aliphatic rings. The molecule has 2 unspecified atom stereocenters. The highest BCUT2D eigenvalue weighted by atomic mass is 79.9. The van der Waals surface area contributed by atoms with Gasteiger partial charge < -0.3 is 5.11 Å². The summed E-state index contributed by atoms with van der Waals surface area (Å²) in [4.78, 5) is 2.47. The molecule has 0 spiro atoms. The van der Waals surface area contributed by atoms with Crippen molar-refractivity contribution in [3.05, 3.63) is 0 Å². The zero-order chi connectivity index (χ0) is 10.2. The minimum atomic E-state index is -0.102. The Morgan fingerprint density at radius 3 is 2.79 bits per heavy atom. The standard InChI is InChI=1S/C11H20BrNO/c1-9-10(14)3-2-6-13(9)8-11(7-12)4-5-11/h9-10,14H,2-8H2,1H3. The number of hydrogen-bond acceptors (Lipinski definition) is 2. The van der Waals surface area contributed by atoms with Gasteiger partial charge >= 0.3 is 0 Å². The number of alkyl halides is 1. The molecule has 1 saturated heterocycles. The summed E-state index contributed by atoms with van der Waals surface area (Å²) in [6.45, 7) is 4.51. The number of piperidine rings is 1. The molecule has 0 aromatic heterocycles. The van der Waals surface area contributed by atoms with Gasteiger partial charge in [0.15, 0.2) is 0 Å². The molecule has 2 rings (SSSR count). The maximum atomic E-state index is 9.78.